The molecule has 0 aromatic rings. The lowest BCUT2D eigenvalue weighted by molar-refractivity contribution is 0.0223. The van der Waals surface area contributed by atoms with E-state index in [1.54, 1.807) is 0 Å². The normalized spacial score (nSPS) is 35.6. The molecule has 0 spiro atoms. The highest BCUT2D eigenvalue weighted by molar-refractivity contribution is 4.86. The fourth-order valence-corrected chi connectivity index (χ4v) is 3.34. The van der Waals surface area contributed by atoms with E-state index >= 15 is 0 Å². The zero-order chi connectivity index (χ0) is 10.7. The Morgan fingerprint density at radius 2 is 1.87 bits per heavy atom. The Bertz CT molecular complexity index is 187. The van der Waals surface area contributed by atoms with Crippen LogP contribution in [0.2, 0.25) is 0 Å². The Hall–Kier alpha value is -0.0800. The molecule has 1 aliphatic heterocycles. The molecule has 2 fully saturated rings. The smallest absolute Gasteiger partial charge is 0.0587 e. The van der Waals surface area contributed by atoms with Crippen molar-refractivity contribution < 1.29 is 5.11 Å². The monoisotopic (exact) mass is 211 g/mol. The van der Waals surface area contributed by atoms with Crippen LogP contribution in [0.1, 0.15) is 51.9 Å². The van der Waals surface area contributed by atoms with Crippen molar-refractivity contribution in [3.63, 3.8) is 0 Å². The molecule has 2 rings (SSSR count). The van der Waals surface area contributed by atoms with Crippen molar-refractivity contribution in [3.05, 3.63) is 0 Å². The summed E-state index contributed by atoms with van der Waals surface area (Å²) in [4.78, 5) is 2.61. The van der Waals surface area contributed by atoms with Gasteiger partial charge in [0.15, 0.2) is 0 Å². The zero-order valence-electron chi connectivity index (χ0n) is 9.99. The van der Waals surface area contributed by atoms with Crippen LogP contribution in [-0.4, -0.2) is 35.2 Å². The number of aliphatic hydroxyl groups is 1. The van der Waals surface area contributed by atoms with Crippen LogP contribution in [0.4, 0.5) is 0 Å². The maximum Gasteiger partial charge on any atom is 0.0587 e. The number of likely N-dealkylation sites (tertiary alicyclic amines) is 1. The van der Waals surface area contributed by atoms with Crippen LogP contribution >= 0.6 is 0 Å². The summed E-state index contributed by atoms with van der Waals surface area (Å²) in [5.41, 5.74) is 0. The molecule has 2 heteroatoms. The Balaban J connectivity index is 1.93. The topological polar surface area (TPSA) is 23.5 Å². The summed E-state index contributed by atoms with van der Waals surface area (Å²) in [6, 6.07) is 1.24. The number of nitrogens with zero attached hydrogens (tertiary/aromatic N) is 1. The van der Waals surface area contributed by atoms with Crippen LogP contribution < -0.4 is 0 Å². The van der Waals surface area contributed by atoms with Gasteiger partial charge in [0.05, 0.1) is 6.61 Å². The fraction of sp³-hybridized carbons (Fsp3) is 1.00. The van der Waals surface area contributed by atoms with Crippen molar-refractivity contribution in [1.29, 1.82) is 0 Å². The summed E-state index contributed by atoms with van der Waals surface area (Å²) >= 11 is 0. The lowest BCUT2D eigenvalue weighted by Gasteiger charge is -2.44. The molecule has 0 bridgehead atoms. The Labute approximate surface area is 93.7 Å². The molecule has 1 aliphatic carbocycles. The molecule has 1 heterocycles. The minimum Gasteiger partial charge on any atom is -0.395 e. The average molecular weight is 211 g/mol. The zero-order valence-corrected chi connectivity index (χ0v) is 9.99. The van der Waals surface area contributed by atoms with E-state index in [2.05, 4.69) is 11.8 Å². The number of rotatable bonds is 2. The second-order valence-corrected chi connectivity index (χ2v) is 5.50. The highest BCUT2D eigenvalue weighted by Gasteiger charge is 2.31. The van der Waals surface area contributed by atoms with Gasteiger partial charge in [0.25, 0.3) is 0 Å². The molecule has 1 N–H and O–H groups in total. The van der Waals surface area contributed by atoms with Gasteiger partial charge in [0.1, 0.15) is 0 Å². The number of hydrogen-bond donors (Lipinski definition) is 1. The predicted molar refractivity (Wildman–Crippen MR) is 62.9 cm³/mol. The number of aliphatic hydroxyl groups excluding tert-OH is 1. The van der Waals surface area contributed by atoms with E-state index in [4.69, 9.17) is 0 Å². The van der Waals surface area contributed by atoms with E-state index in [1.165, 1.54) is 51.5 Å². The molecular formula is C13H25NO. The molecule has 0 aromatic carbocycles. The second-order valence-electron chi connectivity index (χ2n) is 5.50. The highest BCUT2D eigenvalue weighted by atomic mass is 16.3. The van der Waals surface area contributed by atoms with Gasteiger partial charge in [0.2, 0.25) is 0 Å². The van der Waals surface area contributed by atoms with Gasteiger partial charge in [0, 0.05) is 12.1 Å². The van der Waals surface area contributed by atoms with Crippen molar-refractivity contribution in [2.24, 2.45) is 5.92 Å². The summed E-state index contributed by atoms with van der Waals surface area (Å²) in [7, 11) is 0. The van der Waals surface area contributed by atoms with E-state index < -0.39 is 0 Å². The quantitative estimate of drug-likeness (QED) is 0.758. The van der Waals surface area contributed by atoms with Crippen molar-refractivity contribution in [3.8, 4) is 0 Å². The Morgan fingerprint density at radius 3 is 2.53 bits per heavy atom. The maximum atomic E-state index is 9.47. The van der Waals surface area contributed by atoms with Crippen LogP contribution in [0.3, 0.4) is 0 Å². The van der Waals surface area contributed by atoms with E-state index in [1.807, 2.05) is 0 Å². The highest BCUT2D eigenvalue weighted by Crippen LogP contribution is 2.30. The van der Waals surface area contributed by atoms with E-state index in [-0.39, 0.29) is 0 Å². The predicted octanol–water partition coefficient (Wildman–Crippen LogP) is 2.41. The molecule has 1 saturated heterocycles. The van der Waals surface area contributed by atoms with Gasteiger partial charge in [-0.3, -0.25) is 4.90 Å². The van der Waals surface area contributed by atoms with Gasteiger partial charge in [-0.25, -0.2) is 0 Å². The van der Waals surface area contributed by atoms with Gasteiger partial charge < -0.3 is 5.11 Å². The molecule has 88 valence electrons. The first kappa shape index (κ1) is 11.4. The lowest BCUT2D eigenvalue weighted by atomic mass is 9.87. The number of piperidine rings is 1. The van der Waals surface area contributed by atoms with Crippen molar-refractivity contribution in [2.45, 2.75) is 64.0 Å². The van der Waals surface area contributed by atoms with Crippen molar-refractivity contribution in [1.82, 2.24) is 4.90 Å². The van der Waals surface area contributed by atoms with Gasteiger partial charge in [-0.05, 0) is 38.1 Å². The summed E-state index contributed by atoms with van der Waals surface area (Å²) in [5.74, 6) is 0.807. The largest absolute Gasteiger partial charge is 0.395 e. The first-order chi connectivity index (χ1) is 7.31. The van der Waals surface area contributed by atoms with E-state index in [0.717, 1.165) is 12.0 Å². The summed E-state index contributed by atoms with van der Waals surface area (Å²) in [6.07, 6.45) is 9.48. The van der Waals surface area contributed by atoms with Crippen LogP contribution in [0, 0.1) is 5.92 Å². The van der Waals surface area contributed by atoms with E-state index in [9.17, 15) is 5.11 Å². The van der Waals surface area contributed by atoms with Gasteiger partial charge in [-0.1, -0.05) is 26.2 Å². The molecule has 1 saturated carbocycles. The Morgan fingerprint density at radius 1 is 1.13 bits per heavy atom. The lowest BCUT2D eigenvalue weighted by Crippen LogP contribution is -2.50. The van der Waals surface area contributed by atoms with Crippen molar-refractivity contribution in [2.75, 3.05) is 13.2 Å². The molecule has 0 aromatic heterocycles. The average Bonchev–Trinajstić information content (AvgIpc) is 2.30. The molecule has 15 heavy (non-hydrogen) atoms. The molecule has 2 atom stereocenters. The third kappa shape index (κ3) is 2.73. The van der Waals surface area contributed by atoms with Gasteiger partial charge >= 0.3 is 0 Å². The number of hydrogen-bond acceptors (Lipinski definition) is 2. The molecule has 0 radical (unpaired) electrons. The summed E-state index contributed by atoms with van der Waals surface area (Å²) in [5, 5.41) is 9.47. The van der Waals surface area contributed by atoms with Crippen LogP contribution in [0.15, 0.2) is 0 Å². The summed E-state index contributed by atoms with van der Waals surface area (Å²) < 4.78 is 0. The third-order valence-electron chi connectivity index (χ3n) is 4.28. The first-order valence-corrected chi connectivity index (χ1v) is 6.68. The molecule has 2 nitrogen and oxygen atoms in total. The molecular weight excluding hydrogens is 186 g/mol. The molecule has 2 aliphatic rings. The summed E-state index contributed by atoms with van der Waals surface area (Å²) in [6.45, 7) is 3.90. The van der Waals surface area contributed by atoms with E-state index in [0.29, 0.717) is 12.6 Å². The van der Waals surface area contributed by atoms with Gasteiger partial charge in [-0.2, -0.15) is 0 Å². The third-order valence-corrected chi connectivity index (χ3v) is 4.28. The van der Waals surface area contributed by atoms with Crippen LogP contribution in [0.5, 0.6) is 0 Å². The fourth-order valence-electron chi connectivity index (χ4n) is 3.34. The standard InChI is InChI=1S/C13H25NO/c1-11-7-8-14(13(9-11)10-15)12-5-3-2-4-6-12/h11-13,15H,2-10H2,1H3/t11-,13-/m1/s1. The second kappa shape index (κ2) is 5.31. The molecule has 0 amide bonds. The minimum atomic E-state index is 0.362. The Kier molecular flexibility index (Phi) is 4.04. The minimum absolute atomic E-state index is 0.362. The van der Waals surface area contributed by atoms with Crippen LogP contribution in [-0.2, 0) is 0 Å². The SMILES string of the molecule is C[C@@H]1CCN(C2CCCCC2)[C@@H](CO)C1. The van der Waals surface area contributed by atoms with Gasteiger partial charge in [-0.15, -0.1) is 0 Å². The molecule has 0 unspecified atom stereocenters. The maximum absolute atomic E-state index is 9.47. The first-order valence-electron chi connectivity index (χ1n) is 6.68. The van der Waals surface area contributed by atoms with Crippen molar-refractivity contribution >= 4 is 0 Å². The van der Waals surface area contributed by atoms with Crippen LogP contribution in [0.25, 0.3) is 0 Å².